The van der Waals surface area contributed by atoms with E-state index in [1.54, 1.807) is 12.1 Å². The van der Waals surface area contributed by atoms with Gasteiger partial charge in [-0.25, -0.2) is 0 Å². The maximum Gasteiger partial charge on any atom is 0.293 e. The summed E-state index contributed by atoms with van der Waals surface area (Å²) >= 11 is 4.18. The Hall–Kier alpha value is -1.89. The first-order chi connectivity index (χ1) is 13.9. The van der Waals surface area contributed by atoms with Gasteiger partial charge in [-0.2, -0.15) is 0 Å². The molecule has 1 fully saturated rings. The fourth-order valence-electron chi connectivity index (χ4n) is 2.60. The molecule has 0 saturated carbocycles. The molecule has 7 nitrogen and oxygen atoms in total. The Morgan fingerprint density at radius 3 is 2.59 bits per heavy atom. The average Bonchev–Trinajstić information content (AvgIpc) is 2.95. The Kier molecular flexibility index (Phi) is 7.33. The van der Waals surface area contributed by atoms with E-state index in [1.165, 1.54) is 28.8 Å². The summed E-state index contributed by atoms with van der Waals surface area (Å²) in [4.78, 5) is 37.6. The molecule has 3 rings (SSSR count). The lowest BCUT2D eigenvalue weighted by Crippen LogP contribution is -2.27. The Morgan fingerprint density at radius 2 is 1.93 bits per heavy atom. The highest BCUT2D eigenvalue weighted by atomic mass is 127. The predicted molar refractivity (Wildman–Crippen MR) is 122 cm³/mol. The van der Waals surface area contributed by atoms with Crippen molar-refractivity contribution in [2.75, 3.05) is 12.4 Å². The van der Waals surface area contributed by atoms with Gasteiger partial charge in [-0.1, -0.05) is 18.2 Å². The molecule has 2 amide bonds. The van der Waals surface area contributed by atoms with Crippen molar-refractivity contribution in [1.29, 1.82) is 0 Å². The number of halogens is 1. The largest absolute Gasteiger partial charge is 0.396 e. The number of amides is 2. The van der Waals surface area contributed by atoms with Crippen LogP contribution in [0.3, 0.4) is 0 Å². The van der Waals surface area contributed by atoms with Crippen LogP contribution >= 0.6 is 46.1 Å². The molecule has 0 atom stereocenters. The molecule has 0 bridgehead atoms. The predicted octanol–water partition coefficient (Wildman–Crippen LogP) is 4.52. The molecule has 150 valence electrons. The van der Waals surface area contributed by atoms with Crippen molar-refractivity contribution in [3.8, 4) is 0 Å². The molecule has 0 radical (unpaired) electrons. The van der Waals surface area contributed by atoms with E-state index in [9.17, 15) is 19.7 Å². The second-order valence-corrected chi connectivity index (χ2v) is 9.33. The van der Waals surface area contributed by atoms with Crippen LogP contribution in [0, 0.1) is 13.7 Å². The maximum absolute atomic E-state index is 12.7. The number of carbonyl (C=O) groups is 2. The third-order valence-corrected chi connectivity index (χ3v) is 6.62. The number of aliphatic hydroxyl groups is 1. The number of carbonyl (C=O) groups excluding carboxylic acids is 2. The zero-order chi connectivity index (χ0) is 21.0. The monoisotopic (exact) mass is 542 g/mol. The quantitative estimate of drug-likeness (QED) is 0.181. The van der Waals surface area contributed by atoms with E-state index in [-0.39, 0.29) is 29.0 Å². The lowest BCUT2D eigenvalue weighted by Gasteiger charge is -2.12. The van der Waals surface area contributed by atoms with E-state index in [0.29, 0.717) is 16.2 Å². The Bertz CT molecular complexity index is 995. The van der Waals surface area contributed by atoms with Crippen LogP contribution in [0.4, 0.5) is 10.5 Å². The van der Waals surface area contributed by atoms with Crippen molar-refractivity contribution in [2.24, 2.45) is 0 Å². The number of aliphatic hydroxyl groups excluding tert-OH is 1. The van der Waals surface area contributed by atoms with Gasteiger partial charge in [0.25, 0.3) is 16.8 Å². The van der Waals surface area contributed by atoms with Crippen LogP contribution in [0.1, 0.15) is 11.1 Å². The van der Waals surface area contributed by atoms with Crippen LogP contribution in [0.5, 0.6) is 0 Å². The van der Waals surface area contributed by atoms with Crippen LogP contribution in [0.25, 0.3) is 6.08 Å². The van der Waals surface area contributed by atoms with Gasteiger partial charge in [0.05, 0.1) is 27.9 Å². The fraction of sp³-hybridized carbons (Fsp3) is 0.158. The number of imide groups is 1. The van der Waals surface area contributed by atoms with Crippen molar-refractivity contribution in [2.45, 2.75) is 11.4 Å². The molecule has 0 aromatic heterocycles. The molecule has 2 aromatic rings. The smallest absolute Gasteiger partial charge is 0.293 e. The Balaban J connectivity index is 1.82. The van der Waals surface area contributed by atoms with Crippen LogP contribution < -0.4 is 0 Å². The third-order valence-electron chi connectivity index (χ3n) is 3.95. The van der Waals surface area contributed by atoms with Gasteiger partial charge in [-0.05, 0) is 69.8 Å². The molecule has 2 aromatic carbocycles. The molecule has 0 unspecified atom stereocenters. The summed E-state index contributed by atoms with van der Waals surface area (Å²) in [6, 6.07) is 12.1. The Morgan fingerprint density at radius 1 is 1.21 bits per heavy atom. The number of hydrogen-bond donors (Lipinski definition) is 1. The number of nitrogens with zero attached hydrogens (tertiary/aromatic N) is 2. The number of rotatable bonds is 7. The van der Waals surface area contributed by atoms with Gasteiger partial charge in [0.15, 0.2) is 0 Å². The lowest BCUT2D eigenvalue weighted by molar-refractivity contribution is -0.387. The van der Waals surface area contributed by atoms with Gasteiger partial charge in [0.2, 0.25) is 0 Å². The van der Waals surface area contributed by atoms with Crippen molar-refractivity contribution in [3.05, 3.63) is 72.2 Å². The standard InChI is InChI=1S/C19H15IN2O5S2/c20-14-4-1-12(2-5-14)11-21-18(24)17(29-19(21)25)10-13-3-6-16(28-8-7-23)15(9-13)22(26)27/h1-6,9-10,23H,7-8,11H2. The number of nitro groups is 1. The molecule has 29 heavy (non-hydrogen) atoms. The summed E-state index contributed by atoms with van der Waals surface area (Å²) in [5.74, 6) is -0.0719. The van der Waals surface area contributed by atoms with E-state index < -0.39 is 10.8 Å². The highest BCUT2D eigenvalue weighted by molar-refractivity contribution is 14.1. The zero-order valence-corrected chi connectivity index (χ0v) is 18.7. The van der Waals surface area contributed by atoms with E-state index in [4.69, 9.17) is 5.11 Å². The first-order valence-corrected chi connectivity index (χ1v) is 11.3. The second-order valence-electron chi connectivity index (χ2n) is 5.95. The molecule has 1 aliphatic rings. The summed E-state index contributed by atoms with van der Waals surface area (Å²) in [6.07, 6.45) is 1.49. The van der Waals surface area contributed by atoms with Gasteiger partial charge in [-0.15, -0.1) is 11.8 Å². The summed E-state index contributed by atoms with van der Waals surface area (Å²) in [7, 11) is 0. The SMILES string of the molecule is O=C1SC(=Cc2ccc(SCCO)c([N+](=O)[O-])c2)C(=O)N1Cc1ccc(I)cc1. The van der Waals surface area contributed by atoms with Crippen molar-refractivity contribution < 1.29 is 19.6 Å². The van der Waals surface area contributed by atoms with Crippen LogP contribution in [0.2, 0.25) is 0 Å². The zero-order valence-electron chi connectivity index (χ0n) is 14.9. The molecule has 1 heterocycles. The molecular weight excluding hydrogens is 527 g/mol. The fourth-order valence-corrected chi connectivity index (χ4v) is 4.56. The highest BCUT2D eigenvalue weighted by Gasteiger charge is 2.35. The number of thioether (sulfide) groups is 2. The minimum absolute atomic E-state index is 0.0860. The third kappa shape index (κ3) is 5.38. The summed E-state index contributed by atoms with van der Waals surface area (Å²) in [5.41, 5.74) is 1.20. The van der Waals surface area contributed by atoms with Gasteiger partial charge < -0.3 is 5.11 Å². The summed E-state index contributed by atoms with van der Waals surface area (Å²) in [5, 5.41) is 19.9. The molecule has 0 aliphatic carbocycles. The molecular formula is C19H15IN2O5S2. The molecule has 1 saturated heterocycles. The topological polar surface area (TPSA) is 101 Å². The number of hydrogen-bond acceptors (Lipinski definition) is 7. The molecule has 1 N–H and O–H groups in total. The molecule has 1 aliphatic heterocycles. The van der Waals surface area contributed by atoms with Crippen LogP contribution in [-0.4, -0.2) is 38.4 Å². The second kappa shape index (κ2) is 9.74. The lowest BCUT2D eigenvalue weighted by atomic mass is 10.1. The Labute approximate surface area is 188 Å². The van der Waals surface area contributed by atoms with Crippen molar-refractivity contribution >= 4 is 69.0 Å². The molecule has 0 spiro atoms. The average molecular weight is 542 g/mol. The minimum Gasteiger partial charge on any atom is -0.396 e. The maximum atomic E-state index is 12.7. The van der Waals surface area contributed by atoms with Gasteiger partial charge in [-0.3, -0.25) is 24.6 Å². The normalized spacial score (nSPS) is 15.4. The summed E-state index contributed by atoms with van der Waals surface area (Å²) in [6.45, 7) is 0.0904. The van der Waals surface area contributed by atoms with E-state index >= 15 is 0 Å². The van der Waals surface area contributed by atoms with Gasteiger partial charge in [0, 0.05) is 15.4 Å². The van der Waals surface area contributed by atoms with Gasteiger partial charge in [0.1, 0.15) is 0 Å². The van der Waals surface area contributed by atoms with Crippen LogP contribution in [0.15, 0.2) is 52.3 Å². The van der Waals surface area contributed by atoms with Gasteiger partial charge >= 0.3 is 0 Å². The number of benzene rings is 2. The van der Waals surface area contributed by atoms with Crippen molar-refractivity contribution in [1.82, 2.24) is 4.90 Å². The highest BCUT2D eigenvalue weighted by Crippen LogP contribution is 2.35. The van der Waals surface area contributed by atoms with E-state index in [2.05, 4.69) is 22.6 Å². The first-order valence-electron chi connectivity index (χ1n) is 8.41. The van der Waals surface area contributed by atoms with Crippen LogP contribution in [-0.2, 0) is 11.3 Å². The van der Waals surface area contributed by atoms with Crippen molar-refractivity contribution in [3.63, 3.8) is 0 Å². The minimum atomic E-state index is -0.500. The van der Waals surface area contributed by atoms with E-state index in [1.807, 2.05) is 24.3 Å². The van der Waals surface area contributed by atoms with E-state index in [0.717, 1.165) is 20.9 Å². The first kappa shape index (κ1) is 21.8. The molecule has 10 heteroatoms. The number of nitro benzene ring substituents is 1. The summed E-state index contributed by atoms with van der Waals surface area (Å²) < 4.78 is 1.06.